The number of fused-ring (bicyclic) bond motifs is 2. The lowest BCUT2D eigenvalue weighted by Gasteiger charge is -2.30. The summed E-state index contributed by atoms with van der Waals surface area (Å²) in [6.07, 6.45) is 3.81. The summed E-state index contributed by atoms with van der Waals surface area (Å²) in [5.74, 6) is -1.58. The average molecular weight is 498 g/mol. The molecule has 1 aliphatic heterocycles. The molecule has 1 saturated heterocycles. The maximum atomic E-state index is 13.7. The molecule has 4 amide bonds. The van der Waals surface area contributed by atoms with Crippen molar-refractivity contribution in [3.63, 3.8) is 0 Å². The molecule has 184 valence electrons. The lowest BCUT2D eigenvalue weighted by molar-refractivity contribution is -0.150. The Bertz CT molecular complexity index is 1180. The molecule has 2 aliphatic carbocycles. The third-order valence-corrected chi connectivity index (χ3v) is 7.86. The van der Waals surface area contributed by atoms with Gasteiger partial charge < -0.3 is 25.6 Å². The van der Waals surface area contributed by atoms with Crippen LogP contribution in [-0.2, 0) is 31.3 Å². The van der Waals surface area contributed by atoms with Gasteiger partial charge >= 0.3 is 6.03 Å². The third-order valence-electron chi connectivity index (χ3n) is 7.10. The van der Waals surface area contributed by atoms with E-state index in [1.807, 2.05) is 11.8 Å². The Balaban J connectivity index is 1.48. The Kier molecular flexibility index (Phi) is 6.06. The van der Waals surface area contributed by atoms with Crippen LogP contribution in [0.2, 0.25) is 0 Å². The minimum atomic E-state index is -1.77. The monoisotopic (exact) mass is 497 g/mol. The van der Waals surface area contributed by atoms with Crippen LogP contribution in [0, 0.1) is 5.92 Å². The summed E-state index contributed by atoms with van der Waals surface area (Å²) in [6.45, 7) is 2.38. The number of ketones is 1. The van der Waals surface area contributed by atoms with Crippen molar-refractivity contribution in [2.75, 3.05) is 19.1 Å². The highest BCUT2D eigenvalue weighted by Gasteiger charge is 2.61. The molecule has 1 aromatic carbocycles. The minimum absolute atomic E-state index is 0.0295. The molecule has 3 atom stereocenters. The molecule has 5 rings (SSSR count). The van der Waals surface area contributed by atoms with E-state index in [9.17, 15) is 19.2 Å². The van der Waals surface area contributed by atoms with Gasteiger partial charge in [-0.25, -0.2) is 4.79 Å². The molecule has 3 N–H and O–H groups in total. The highest BCUT2D eigenvalue weighted by Crippen LogP contribution is 2.48. The zero-order valence-electron chi connectivity index (χ0n) is 19.5. The molecule has 2 fully saturated rings. The lowest BCUT2D eigenvalue weighted by atomic mass is 9.92. The second-order valence-corrected chi connectivity index (χ2v) is 10.1. The van der Waals surface area contributed by atoms with E-state index in [-0.39, 0.29) is 25.1 Å². The van der Waals surface area contributed by atoms with Gasteiger partial charge in [-0.1, -0.05) is 6.07 Å². The topological polar surface area (TPSA) is 130 Å². The number of aromatic nitrogens is 1. The number of hydrogen-bond donors (Lipinski definition) is 3. The fraction of sp³-hybridized carbons (Fsp3) is 0.458. The van der Waals surface area contributed by atoms with Gasteiger partial charge in [-0.05, 0) is 43.4 Å². The molecule has 2 aromatic rings. The maximum absolute atomic E-state index is 13.7. The number of nitrogens with one attached hydrogen (secondary N) is 3. The molecule has 11 heteroatoms. The zero-order valence-corrected chi connectivity index (χ0v) is 20.3. The summed E-state index contributed by atoms with van der Waals surface area (Å²) in [5.41, 5.74) is 1.36. The van der Waals surface area contributed by atoms with Crippen LogP contribution < -0.4 is 16.0 Å². The number of hydrogen-bond acceptors (Lipinski definition) is 7. The van der Waals surface area contributed by atoms with Crippen molar-refractivity contribution in [1.29, 1.82) is 0 Å². The normalized spacial score (nSPS) is 23.7. The quantitative estimate of drug-likeness (QED) is 0.502. The van der Waals surface area contributed by atoms with Gasteiger partial charge in [-0.3, -0.25) is 19.4 Å². The van der Waals surface area contributed by atoms with E-state index >= 15 is 0 Å². The number of carbonyl (C=O) groups is 4. The predicted molar refractivity (Wildman–Crippen MR) is 128 cm³/mol. The van der Waals surface area contributed by atoms with Gasteiger partial charge in [0.15, 0.2) is 5.78 Å². The first-order chi connectivity index (χ1) is 16.8. The molecule has 1 unspecified atom stereocenters. The second kappa shape index (κ2) is 9.04. The van der Waals surface area contributed by atoms with Crippen LogP contribution in [0.1, 0.15) is 48.1 Å². The number of nitrogens with zero attached hydrogens (tertiary/aromatic N) is 2. The molecule has 0 radical (unpaired) electrons. The number of carbonyl (C=O) groups excluding carboxylic acids is 4. The molecule has 1 aromatic heterocycles. The Morgan fingerprint density at radius 1 is 1.34 bits per heavy atom. The van der Waals surface area contributed by atoms with E-state index < -0.39 is 29.2 Å². The second-order valence-electron chi connectivity index (χ2n) is 9.17. The minimum Gasteiger partial charge on any atom is -0.341 e. The van der Waals surface area contributed by atoms with Crippen LogP contribution in [0.25, 0.3) is 0 Å². The van der Waals surface area contributed by atoms with E-state index in [1.54, 1.807) is 29.9 Å². The maximum Gasteiger partial charge on any atom is 0.318 e. The van der Waals surface area contributed by atoms with Crippen LogP contribution in [0.15, 0.2) is 29.9 Å². The fourth-order valence-corrected chi connectivity index (χ4v) is 5.61. The first-order valence-corrected chi connectivity index (χ1v) is 12.5. The third kappa shape index (κ3) is 4.08. The van der Waals surface area contributed by atoms with Gasteiger partial charge in [-0.2, -0.15) is 0 Å². The number of ether oxygens (including phenoxy) is 1. The number of anilines is 1. The molecular weight excluding hydrogens is 470 g/mol. The van der Waals surface area contributed by atoms with Crippen LogP contribution in [0.4, 0.5) is 10.5 Å². The Morgan fingerprint density at radius 3 is 2.77 bits per heavy atom. The molecule has 1 saturated carbocycles. The SMILES string of the molecule is CNC(=O)Nc1ccc2c(c1)C(CC(=O)N(Cc1cncs1)[C@@H](C)C1CC1)C(=O)[C@]21OCNC1=O. The van der Waals surface area contributed by atoms with Crippen LogP contribution in [0.5, 0.6) is 0 Å². The van der Waals surface area contributed by atoms with Crippen molar-refractivity contribution in [2.24, 2.45) is 5.92 Å². The summed E-state index contributed by atoms with van der Waals surface area (Å²) < 4.78 is 5.71. The molecule has 1 spiro atoms. The van der Waals surface area contributed by atoms with Crippen LogP contribution >= 0.6 is 11.3 Å². The van der Waals surface area contributed by atoms with Crippen molar-refractivity contribution >= 4 is 40.7 Å². The number of thiazole rings is 1. The van der Waals surface area contributed by atoms with Crippen molar-refractivity contribution < 1.29 is 23.9 Å². The fourth-order valence-electron chi connectivity index (χ4n) is 5.02. The number of urea groups is 1. The summed E-state index contributed by atoms with van der Waals surface area (Å²) in [5, 5.41) is 7.76. The van der Waals surface area contributed by atoms with Crippen molar-refractivity contribution in [1.82, 2.24) is 20.5 Å². The van der Waals surface area contributed by atoms with Gasteiger partial charge in [0.05, 0.1) is 18.0 Å². The predicted octanol–water partition coefficient (Wildman–Crippen LogP) is 2.08. The van der Waals surface area contributed by atoms with E-state index in [4.69, 9.17) is 4.74 Å². The van der Waals surface area contributed by atoms with Gasteiger partial charge in [0.2, 0.25) is 11.5 Å². The Hall–Kier alpha value is -3.31. The van der Waals surface area contributed by atoms with Gasteiger partial charge in [0, 0.05) is 41.8 Å². The highest BCUT2D eigenvalue weighted by molar-refractivity contribution is 7.09. The smallest absolute Gasteiger partial charge is 0.318 e. The molecule has 10 nitrogen and oxygen atoms in total. The van der Waals surface area contributed by atoms with E-state index in [0.717, 1.165) is 17.7 Å². The molecule has 35 heavy (non-hydrogen) atoms. The first-order valence-electron chi connectivity index (χ1n) is 11.6. The Labute approximate surface area is 206 Å². The standard InChI is InChI=1S/C24H27N5O5S/c1-13(14-3-4-14)29(10-16-9-26-12-35-16)20(30)8-18-17-7-15(28-23(33)25-2)5-6-19(17)24(21(18)31)22(32)27-11-34-24/h5-7,9,12-14,18H,3-4,8,10-11H2,1-2H3,(H,27,32)(H2,25,28,33)/t13-,18?,24+/m0/s1. The Morgan fingerprint density at radius 2 is 2.14 bits per heavy atom. The van der Waals surface area contributed by atoms with Crippen molar-refractivity contribution in [3.8, 4) is 0 Å². The zero-order chi connectivity index (χ0) is 24.7. The summed E-state index contributed by atoms with van der Waals surface area (Å²) in [7, 11) is 1.50. The van der Waals surface area contributed by atoms with Crippen LogP contribution in [-0.4, -0.2) is 53.3 Å². The van der Waals surface area contributed by atoms with Crippen molar-refractivity contribution in [2.45, 2.75) is 50.3 Å². The van der Waals surface area contributed by atoms with Gasteiger partial charge in [-0.15, -0.1) is 11.3 Å². The number of benzene rings is 1. The molecule has 0 bridgehead atoms. The summed E-state index contributed by atoms with van der Waals surface area (Å²) >= 11 is 1.48. The number of amides is 4. The summed E-state index contributed by atoms with van der Waals surface area (Å²) in [4.78, 5) is 59.0. The number of Topliss-reactive ketones (excluding diaryl/α,β-unsaturated/α-hetero) is 1. The number of rotatable bonds is 7. The highest BCUT2D eigenvalue weighted by atomic mass is 32.1. The lowest BCUT2D eigenvalue weighted by Crippen LogP contribution is -2.43. The van der Waals surface area contributed by atoms with Gasteiger partial charge in [0.1, 0.15) is 6.73 Å². The average Bonchev–Trinajstić information content (AvgIpc) is 3.36. The van der Waals surface area contributed by atoms with Gasteiger partial charge in [0.25, 0.3) is 5.91 Å². The summed E-state index contributed by atoms with van der Waals surface area (Å²) in [6, 6.07) is 4.51. The van der Waals surface area contributed by atoms with Crippen molar-refractivity contribution in [3.05, 3.63) is 45.9 Å². The molecular formula is C24H27N5O5S. The van der Waals surface area contributed by atoms with E-state index in [0.29, 0.717) is 29.3 Å². The van der Waals surface area contributed by atoms with Crippen LogP contribution in [0.3, 0.4) is 0 Å². The van der Waals surface area contributed by atoms with E-state index in [1.165, 1.54) is 18.4 Å². The van der Waals surface area contributed by atoms with E-state index in [2.05, 4.69) is 20.9 Å². The molecule has 2 heterocycles. The molecule has 3 aliphatic rings. The largest absolute Gasteiger partial charge is 0.341 e. The first kappa shape index (κ1) is 23.4.